The van der Waals surface area contributed by atoms with E-state index in [1.807, 2.05) is 6.92 Å². The maximum atomic E-state index is 11.2. The van der Waals surface area contributed by atoms with Gasteiger partial charge in [-0.2, -0.15) is 0 Å². The number of carbonyl (C=O) groups is 1. The highest BCUT2D eigenvalue weighted by molar-refractivity contribution is 5.73. The molecule has 0 aliphatic carbocycles. The van der Waals surface area contributed by atoms with Crippen LogP contribution in [-0.2, 0) is 4.79 Å². The normalized spacial score (nSPS) is 15.1. The van der Waals surface area contributed by atoms with Crippen LogP contribution in [0.1, 0.15) is 53.4 Å². The quantitative estimate of drug-likeness (QED) is 0.660. The molecule has 0 bridgehead atoms. The molecule has 0 aromatic carbocycles. The van der Waals surface area contributed by atoms with Crippen molar-refractivity contribution in [2.75, 3.05) is 13.1 Å². The monoisotopic (exact) mass is 229 g/mol. The number of carboxylic acid groups (broad SMARTS) is 1. The second-order valence-electron chi connectivity index (χ2n) is 4.60. The summed E-state index contributed by atoms with van der Waals surface area (Å²) in [6, 6.07) is -0.293. The molecule has 3 nitrogen and oxygen atoms in total. The van der Waals surface area contributed by atoms with Crippen molar-refractivity contribution in [3.63, 3.8) is 0 Å². The first-order valence-electron chi connectivity index (χ1n) is 6.53. The lowest BCUT2D eigenvalue weighted by Gasteiger charge is -2.29. The molecule has 0 amide bonds. The van der Waals surface area contributed by atoms with Gasteiger partial charge in [-0.3, -0.25) is 9.69 Å². The smallest absolute Gasteiger partial charge is 0.320 e. The Kier molecular flexibility index (Phi) is 8.26. The van der Waals surface area contributed by atoms with Crippen molar-refractivity contribution in [1.82, 2.24) is 4.90 Å². The van der Waals surface area contributed by atoms with E-state index in [0.29, 0.717) is 5.92 Å². The van der Waals surface area contributed by atoms with Gasteiger partial charge in [0.15, 0.2) is 0 Å². The first-order valence-corrected chi connectivity index (χ1v) is 6.53. The number of unbranched alkanes of at least 4 members (excludes halogenated alkanes) is 1. The number of aliphatic carboxylic acids is 1. The summed E-state index contributed by atoms with van der Waals surface area (Å²) in [6.07, 6.45) is 3.94. The van der Waals surface area contributed by atoms with E-state index in [0.717, 1.165) is 38.8 Å². The van der Waals surface area contributed by atoms with Gasteiger partial charge in [0.2, 0.25) is 0 Å². The van der Waals surface area contributed by atoms with Crippen LogP contribution >= 0.6 is 0 Å². The van der Waals surface area contributed by atoms with Gasteiger partial charge in [-0.15, -0.1) is 0 Å². The lowest BCUT2D eigenvalue weighted by atomic mass is 10.0. The fourth-order valence-corrected chi connectivity index (χ4v) is 1.87. The fourth-order valence-electron chi connectivity index (χ4n) is 1.87. The topological polar surface area (TPSA) is 40.5 Å². The van der Waals surface area contributed by atoms with E-state index >= 15 is 0 Å². The SMILES string of the molecule is CCCCC(C(=O)O)N(CC)CC(C)CC. The van der Waals surface area contributed by atoms with Crippen LogP contribution < -0.4 is 0 Å². The molecule has 0 aliphatic rings. The number of nitrogens with zero attached hydrogens (tertiary/aromatic N) is 1. The van der Waals surface area contributed by atoms with Crippen molar-refractivity contribution in [3.05, 3.63) is 0 Å². The van der Waals surface area contributed by atoms with Crippen LogP contribution in [0, 0.1) is 5.92 Å². The molecular weight excluding hydrogens is 202 g/mol. The van der Waals surface area contributed by atoms with Crippen LogP contribution in [-0.4, -0.2) is 35.1 Å². The summed E-state index contributed by atoms with van der Waals surface area (Å²) in [5.41, 5.74) is 0. The Hall–Kier alpha value is -0.570. The zero-order valence-electron chi connectivity index (χ0n) is 11.2. The van der Waals surface area contributed by atoms with Crippen molar-refractivity contribution in [2.24, 2.45) is 5.92 Å². The maximum Gasteiger partial charge on any atom is 0.320 e. The van der Waals surface area contributed by atoms with Gasteiger partial charge in [0.05, 0.1) is 0 Å². The van der Waals surface area contributed by atoms with Crippen molar-refractivity contribution in [1.29, 1.82) is 0 Å². The van der Waals surface area contributed by atoms with E-state index in [4.69, 9.17) is 0 Å². The van der Waals surface area contributed by atoms with E-state index in [1.165, 1.54) is 0 Å². The standard InChI is InChI=1S/C13H27NO2/c1-5-8-9-12(13(15)16)14(7-3)10-11(4)6-2/h11-12H,5-10H2,1-4H3,(H,15,16). The summed E-state index contributed by atoms with van der Waals surface area (Å²) in [6.45, 7) is 10.2. The minimum absolute atomic E-state index is 0.293. The summed E-state index contributed by atoms with van der Waals surface area (Å²) in [4.78, 5) is 13.3. The van der Waals surface area contributed by atoms with Crippen molar-refractivity contribution in [2.45, 2.75) is 59.4 Å². The highest BCUT2D eigenvalue weighted by atomic mass is 16.4. The third-order valence-corrected chi connectivity index (χ3v) is 3.21. The van der Waals surface area contributed by atoms with Crippen LogP contribution in [0.2, 0.25) is 0 Å². The van der Waals surface area contributed by atoms with Crippen LogP contribution in [0.4, 0.5) is 0 Å². The molecule has 0 rings (SSSR count). The summed E-state index contributed by atoms with van der Waals surface area (Å²) in [5, 5.41) is 9.25. The molecule has 2 atom stereocenters. The molecule has 0 fully saturated rings. The molecule has 0 spiro atoms. The molecule has 0 aliphatic heterocycles. The van der Waals surface area contributed by atoms with Crippen molar-refractivity contribution < 1.29 is 9.90 Å². The highest BCUT2D eigenvalue weighted by Crippen LogP contribution is 2.13. The first-order chi connectivity index (χ1) is 7.56. The minimum Gasteiger partial charge on any atom is -0.480 e. The Bertz CT molecular complexity index is 194. The first kappa shape index (κ1) is 15.4. The third-order valence-electron chi connectivity index (χ3n) is 3.21. The van der Waals surface area contributed by atoms with Gasteiger partial charge in [-0.25, -0.2) is 0 Å². The Morgan fingerprint density at radius 2 is 1.94 bits per heavy atom. The van der Waals surface area contributed by atoms with Gasteiger partial charge in [-0.05, 0) is 18.9 Å². The second kappa shape index (κ2) is 8.57. The molecule has 1 N–H and O–H groups in total. The summed E-state index contributed by atoms with van der Waals surface area (Å²) in [7, 11) is 0. The molecule has 2 unspecified atom stereocenters. The molecule has 0 saturated heterocycles. The number of carboxylic acids is 1. The third kappa shape index (κ3) is 5.50. The lowest BCUT2D eigenvalue weighted by molar-refractivity contribution is -0.143. The zero-order chi connectivity index (χ0) is 12.6. The molecular formula is C13H27NO2. The predicted octanol–water partition coefficient (Wildman–Crippen LogP) is 3.00. The molecule has 0 heterocycles. The molecule has 16 heavy (non-hydrogen) atoms. The molecule has 0 saturated carbocycles. The number of rotatable bonds is 9. The molecule has 0 aromatic rings. The molecule has 0 radical (unpaired) electrons. The molecule has 96 valence electrons. The van der Waals surface area contributed by atoms with Crippen LogP contribution in [0.25, 0.3) is 0 Å². The lowest BCUT2D eigenvalue weighted by Crippen LogP contribution is -2.43. The van der Waals surface area contributed by atoms with Crippen LogP contribution in [0.15, 0.2) is 0 Å². The van der Waals surface area contributed by atoms with Gasteiger partial charge in [0, 0.05) is 6.54 Å². The van der Waals surface area contributed by atoms with Gasteiger partial charge >= 0.3 is 5.97 Å². The Balaban J connectivity index is 4.38. The summed E-state index contributed by atoms with van der Waals surface area (Å²) < 4.78 is 0. The van der Waals surface area contributed by atoms with Crippen molar-refractivity contribution >= 4 is 5.97 Å². The fraction of sp³-hybridized carbons (Fsp3) is 0.923. The number of likely N-dealkylation sites (N-methyl/N-ethyl adjacent to an activating group) is 1. The van der Waals surface area contributed by atoms with E-state index in [-0.39, 0.29) is 6.04 Å². The van der Waals surface area contributed by atoms with E-state index in [1.54, 1.807) is 0 Å². The van der Waals surface area contributed by atoms with Crippen LogP contribution in [0.5, 0.6) is 0 Å². The van der Waals surface area contributed by atoms with E-state index in [2.05, 4.69) is 25.7 Å². The summed E-state index contributed by atoms with van der Waals surface area (Å²) >= 11 is 0. The van der Waals surface area contributed by atoms with Gasteiger partial charge in [0.25, 0.3) is 0 Å². The summed E-state index contributed by atoms with van der Waals surface area (Å²) in [5.74, 6) is -0.0953. The predicted molar refractivity (Wildman–Crippen MR) is 67.7 cm³/mol. The van der Waals surface area contributed by atoms with Gasteiger partial charge < -0.3 is 5.11 Å². The molecule has 0 aromatic heterocycles. The Labute approximate surface area is 99.8 Å². The average molecular weight is 229 g/mol. The second-order valence-corrected chi connectivity index (χ2v) is 4.60. The molecule has 3 heteroatoms. The maximum absolute atomic E-state index is 11.2. The van der Waals surface area contributed by atoms with Crippen molar-refractivity contribution in [3.8, 4) is 0 Å². The van der Waals surface area contributed by atoms with Crippen LogP contribution in [0.3, 0.4) is 0 Å². The number of hydrogen-bond donors (Lipinski definition) is 1. The zero-order valence-corrected chi connectivity index (χ0v) is 11.2. The minimum atomic E-state index is -0.668. The average Bonchev–Trinajstić information content (AvgIpc) is 2.27. The Morgan fingerprint density at radius 3 is 2.31 bits per heavy atom. The highest BCUT2D eigenvalue weighted by Gasteiger charge is 2.24. The number of hydrogen-bond acceptors (Lipinski definition) is 2. The Morgan fingerprint density at radius 1 is 1.31 bits per heavy atom. The largest absolute Gasteiger partial charge is 0.480 e. The van der Waals surface area contributed by atoms with E-state index in [9.17, 15) is 9.90 Å². The van der Waals surface area contributed by atoms with Gasteiger partial charge in [-0.1, -0.05) is 47.0 Å². The van der Waals surface area contributed by atoms with Gasteiger partial charge in [0.1, 0.15) is 6.04 Å². The van der Waals surface area contributed by atoms with E-state index < -0.39 is 5.97 Å².